The zero-order valence-electron chi connectivity index (χ0n) is 23.4. The van der Waals surface area contributed by atoms with Gasteiger partial charge in [0.2, 0.25) is 0 Å². The van der Waals surface area contributed by atoms with E-state index < -0.39 is 0 Å². The van der Waals surface area contributed by atoms with Crippen LogP contribution in [0.1, 0.15) is 145 Å². The second-order valence-electron chi connectivity index (χ2n) is 11.5. The van der Waals surface area contributed by atoms with Gasteiger partial charge in [0.25, 0.3) is 0 Å². The molecule has 1 N–H and O–H groups in total. The molecular weight excluding hydrogens is 418 g/mol. The van der Waals surface area contributed by atoms with Crippen molar-refractivity contribution >= 4 is 0 Å². The number of hydrogen-bond acceptors (Lipinski definition) is 2. The number of aromatic amines is 1. The summed E-state index contributed by atoms with van der Waals surface area (Å²) >= 11 is 0. The summed E-state index contributed by atoms with van der Waals surface area (Å²) in [7, 11) is 2.24. The Labute approximate surface area is 207 Å². The van der Waals surface area contributed by atoms with Crippen molar-refractivity contribution in [3.05, 3.63) is 58.2 Å². The van der Waals surface area contributed by atoms with E-state index in [1.165, 1.54) is 39.7 Å². The molecule has 0 radical (unpaired) electrons. The standard InChI is InChI=1S/C29H47N5/c1-17(2)25-14-24(33(11)28(25)19(5)6)13-22(10)29-31-23(16-34(29)20(7)8)12-21(9)27-26(18(3)4)15-30-32-27/h14-22H,12-13H2,1-11H3,(H,30,32). The van der Waals surface area contributed by atoms with Crippen molar-refractivity contribution in [2.75, 3.05) is 0 Å². The maximum atomic E-state index is 5.20. The molecule has 0 amide bonds. The van der Waals surface area contributed by atoms with Gasteiger partial charge in [-0.3, -0.25) is 5.10 Å². The molecule has 0 spiro atoms. The fraction of sp³-hybridized carbons (Fsp3) is 0.655. The number of imidazole rings is 1. The van der Waals surface area contributed by atoms with Gasteiger partial charge in [-0.15, -0.1) is 0 Å². The third-order valence-electron chi connectivity index (χ3n) is 7.21. The van der Waals surface area contributed by atoms with Gasteiger partial charge in [-0.05, 0) is 61.6 Å². The molecule has 188 valence electrons. The molecule has 2 atom stereocenters. The third-order valence-corrected chi connectivity index (χ3v) is 7.21. The number of nitrogens with zero attached hydrogens (tertiary/aromatic N) is 4. The van der Waals surface area contributed by atoms with Gasteiger partial charge >= 0.3 is 0 Å². The quantitative estimate of drug-likeness (QED) is 0.335. The molecule has 0 saturated heterocycles. The second-order valence-corrected chi connectivity index (χ2v) is 11.5. The first-order valence-corrected chi connectivity index (χ1v) is 13.2. The average molecular weight is 466 g/mol. The molecule has 5 heteroatoms. The molecule has 0 bridgehead atoms. The molecule has 0 aliphatic carbocycles. The van der Waals surface area contributed by atoms with Gasteiger partial charge in [-0.1, -0.05) is 55.4 Å². The van der Waals surface area contributed by atoms with Crippen LogP contribution in [0.15, 0.2) is 18.5 Å². The van der Waals surface area contributed by atoms with E-state index in [-0.39, 0.29) is 0 Å². The summed E-state index contributed by atoms with van der Waals surface area (Å²) in [5.41, 5.74) is 8.02. The van der Waals surface area contributed by atoms with Crippen molar-refractivity contribution in [3.63, 3.8) is 0 Å². The van der Waals surface area contributed by atoms with Crippen LogP contribution in [0.25, 0.3) is 0 Å². The van der Waals surface area contributed by atoms with Crippen molar-refractivity contribution in [3.8, 4) is 0 Å². The van der Waals surface area contributed by atoms with Crippen molar-refractivity contribution in [1.82, 2.24) is 24.3 Å². The van der Waals surface area contributed by atoms with E-state index in [9.17, 15) is 0 Å². The van der Waals surface area contributed by atoms with E-state index in [1.807, 2.05) is 6.20 Å². The van der Waals surface area contributed by atoms with Crippen LogP contribution >= 0.6 is 0 Å². The molecule has 0 saturated carbocycles. The molecule has 5 nitrogen and oxygen atoms in total. The highest BCUT2D eigenvalue weighted by Gasteiger charge is 2.24. The molecular formula is C29H47N5. The smallest absolute Gasteiger partial charge is 0.112 e. The molecule has 0 fully saturated rings. The van der Waals surface area contributed by atoms with Crippen molar-refractivity contribution < 1.29 is 0 Å². The third kappa shape index (κ3) is 5.34. The zero-order chi connectivity index (χ0) is 25.3. The highest BCUT2D eigenvalue weighted by atomic mass is 15.1. The van der Waals surface area contributed by atoms with Gasteiger partial charge in [0.05, 0.1) is 11.4 Å². The minimum absolute atomic E-state index is 0.331. The second kappa shape index (κ2) is 10.5. The predicted molar refractivity (Wildman–Crippen MR) is 143 cm³/mol. The first-order chi connectivity index (χ1) is 15.9. The molecule has 3 heterocycles. The summed E-state index contributed by atoms with van der Waals surface area (Å²) in [5, 5.41) is 7.65. The predicted octanol–water partition coefficient (Wildman–Crippen LogP) is 7.59. The van der Waals surface area contributed by atoms with Gasteiger partial charge < -0.3 is 9.13 Å². The van der Waals surface area contributed by atoms with Crippen LogP contribution < -0.4 is 0 Å². The van der Waals surface area contributed by atoms with Gasteiger partial charge in [0, 0.05) is 48.7 Å². The SMILES string of the molecule is CC(C)c1c[nH]nc1C(C)Cc1cn(C(C)C)c(C(C)Cc2cc(C(C)C)c(C(C)C)n2C)n1. The molecule has 0 aromatic carbocycles. The van der Waals surface area contributed by atoms with Crippen molar-refractivity contribution in [1.29, 1.82) is 0 Å². The van der Waals surface area contributed by atoms with Crippen LogP contribution in [-0.2, 0) is 19.9 Å². The van der Waals surface area contributed by atoms with E-state index in [0.29, 0.717) is 35.6 Å². The highest BCUT2D eigenvalue weighted by Crippen LogP contribution is 2.33. The number of nitrogens with one attached hydrogen (secondary N) is 1. The molecule has 0 aliphatic heterocycles. The van der Waals surface area contributed by atoms with E-state index in [2.05, 4.69) is 108 Å². The van der Waals surface area contributed by atoms with Crippen LogP contribution in [-0.4, -0.2) is 24.3 Å². The van der Waals surface area contributed by atoms with Gasteiger partial charge in [-0.2, -0.15) is 5.10 Å². The molecule has 3 aromatic heterocycles. The summed E-state index contributed by atoms with van der Waals surface area (Å²) in [6.45, 7) is 22.8. The largest absolute Gasteiger partial charge is 0.351 e. The van der Waals surface area contributed by atoms with Crippen molar-refractivity contribution in [2.24, 2.45) is 7.05 Å². The lowest BCUT2D eigenvalue weighted by molar-refractivity contribution is 0.530. The molecule has 3 rings (SSSR count). The van der Waals surface area contributed by atoms with Crippen LogP contribution in [0, 0.1) is 0 Å². The van der Waals surface area contributed by atoms with Crippen LogP contribution in [0.5, 0.6) is 0 Å². The Morgan fingerprint density at radius 3 is 2.00 bits per heavy atom. The Balaban J connectivity index is 1.87. The van der Waals surface area contributed by atoms with E-state index >= 15 is 0 Å². The first kappa shape index (κ1) is 26.3. The average Bonchev–Trinajstić information content (AvgIpc) is 3.45. The molecule has 34 heavy (non-hydrogen) atoms. The highest BCUT2D eigenvalue weighted by molar-refractivity contribution is 5.34. The Hall–Kier alpha value is -2.30. The normalized spacial score (nSPS) is 14.2. The summed E-state index contributed by atoms with van der Waals surface area (Å²) in [6.07, 6.45) is 6.23. The first-order valence-electron chi connectivity index (χ1n) is 13.2. The lowest BCUT2D eigenvalue weighted by Gasteiger charge is -2.18. The molecule has 2 unspecified atom stereocenters. The number of rotatable bonds is 10. The number of hydrogen-bond donors (Lipinski definition) is 1. The van der Waals surface area contributed by atoms with E-state index in [0.717, 1.165) is 12.8 Å². The van der Waals surface area contributed by atoms with Gasteiger partial charge in [-0.25, -0.2) is 4.98 Å². The topological polar surface area (TPSA) is 51.4 Å². The van der Waals surface area contributed by atoms with Crippen LogP contribution in [0.4, 0.5) is 0 Å². The van der Waals surface area contributed by atoms with Crippen molar-refractivity contribution in [2.45, 2.75) is 118 Å². The minimum atomic E-state index is 0.331. The van der Waals surface area contributed by atoms with Crippen LogP contribution in [0.3, 0.4) is 0 Å². The number of aromatic nitrogens is 5. The maximum Gasteiger partial charge on any atom is 0.112 e. The lowest BCUT2D eigenvalue weighted by Crippen LogP contribution is -2.12. The summed E-state index contributed by atoms with van der Waals surface area (Å²) in [5.74, 6) is 3.40. The summed E-state index contributed by atoms with van der Waals surface area (Å²) in [4.78, 5) is 5.20. The zero-order valence-corrected chi connectivity index (χ0v) is 23.4. The summed E-state index contributed by atoms with van der Waals surface area (Å²) < 4.78 is 4.82. The fourth-order valence-corrected chi connectivity index (χ4v) is 5.40. The summed E-state index contributed by atoms with van der Waals surface area (Å²) in [6, 6.07) is 2.82. The number of H-pyrrole nitrogens is 1. The Morgan fingerprint density at radius 2 is 1.47 bits per heavy atom. The molecule has 3 aromatic rings. The van der Waals surface area contributed by atoms with E-state index in [4.69, 9.17) is 4.98 Å². The fourth-order valence-electron chi connectivity index (χ4n) is 5.40. The Kier molecular flexibility index (Phi) is 8.15. The lowest BCUT2D eigenvalue weighted by atomic mass is 9.94. The monoisotopic (exact) mass is 465 g/mol. The Bertz CT molecular complexity index is 1080. The van der Waals surface area contributed by atoms with Gasteiger partial charge in [0.1, 0.15) is 5.82 Å². The Morgan fingerprint density at radius 1 is 0.824 bits per heavy atom. The minimum Gasteiger partial charge on any atom is -0.351 e. The van der Waals surface area contributed by atoms with Crippen LogP contribution in [0.2, 0.25) is 0 Å². The van der Waals surface area contributed by atoms with E-state index in [1.54, 1.807) is 0 Å². The molecule has 0 aliphatic rings. The maximum absolute atomic E-state index is 5.20. The van der Waals surface area contributed by atoms with Gasteiger partial charge in [0.15, 0.2) is 0 Å².